The van der Waals surface area contributed by atoms with Crippen molar-refractivity contribution in [2.75, 3.05) is 13.2 Å². The maximum atomic E-state index is 11.1. The van der Waals surface area contributed by atoms with E-state index in [1.807, 2.05) is 25.1 Å². The van der Waals surface area contributed by atoms with Gasteiger partial charge in [-0.1, -0.05) is 13.0 Å². The van der Waals surface area contributed by atoms with Crippen LogP contribution in [0.25, 0.3) is 0 Å². The number of carbonyl (C=O) groups excluding carboxylic acids is 1. The van der Waals surface area contributed by atoms with E-state index < -0.39 is 0 Å². The molecule has 1 N–H and O–H groups in total. The van der Waals surface area contributed by atoms with Gasteiger partial charge in [0, 0.05) is 13.0 Å². The summed E-state index contributed by atoms with van der Waals surface area (Å²) < 4.78 is 10.9. The van der Waals surface area contributed by atoms with E-state index in [9.17, 15) is 4.79 Å². The molecular weight excluding hydrogens is 206 g/mol. The van der Waals surface area contributed by atoms with Crippen LogP contribution in [0.1, 0.15) is 18.9 Å². The fourth-order valence-corrected chi connectivity index (χ4v) is 1.52. The second-order valence-electron chi connectivity index (χ2n) is 3.61. The molecule has 1 aliphatic rings. The van der Waals surface area contributed by atoms with Crippen LogP contribution in [0, 0.1) is 0 Å². The predicted molar refractivity (Wildman–Crippen MR) is 59.6 cm³/mol. The molecule has 2 rings (SSSR count). The van der Waals surface area contributed by atoms with Crippen molar-refractivity contribution in [3.63, 3.8) is 0 Å². The standard InChI is InChI=1S/C12H15NO3/c1-2-12(14)13-8-9-3-4-10-11(7-9)16-6-5-15-10/h3-4,7H,2,5-6,8H2,1H3,(H,13,14). The summed E-state index contributed by atoms with van der Waals surface area (Å²) in [5, 5.41) is 2.82. The number of ether oxygens (including phenoxy) is 2. The van der Waals surface area contributed by atoms with Gasteiger partial charge in [0.05, 0.1) is 0 Å². The van der Waals surface area contributed by atoms with Crippen molar-refractivity contribution < 1.29 is 14.3 Å². The fourth-order valence-electron chi connectivity index (χ4n) is 1.52. The van der Waals surface area contributed by atoms with Crippen molar-refractivity contribution in [3.8, 4) is 11.5 Å². The number of fused-ring (bicyclic) bond motifs is 1. The summed E-state index contributed by atoms with van der Waals surface area (Å²) >= 11 is 0. The van der Waals surface area contributed by atoms with E-state index in [4.69, 9.17) is 9.47 Å². The highest BCUT2D eigenvalue weighted by Gasteiger charge is 2.11. The summed E-state index contributed by atoms with van der Waals surface area (Å²) in [6.07, 6.45) is 0.505. The molecule has 4 nitrogen and oxygen atoms in total. The van der Waals surface area contributed by atoms with Crippen LogP contribution in [0.15, 0.2) is 18.2 Å². The highest BCUT2D eigenvalue weighted by molar-refractivity contribution is 5.75. The Labute approximate surface area is 94.6 Å². The second-order valence-corrected chi connectivity index (χ2v) is 3.61. The lowest BCUT2D eigenvalue weighted by atomic mass is 10.2. The van der Waals surface area contributed by atoms with Crippen molar-refractivity contribution in [2.45, 2.75) is 19.9 Å². The van der Waals surface area contributed by atoms with Gasteiger partial charge in [0.15, 0.2) is 11.5 Å². The van der Waals surface area contributed by atoms with Crippen molar-refractivity contribution in [1.29, 1.82) is 0 Å². The summed E-state index contributed by atoms with van der Waals surface area (Å²) in [6, 6.07) is 5.72. The normalized spacial score (nSPS) is 13.3. The van der Waals surface area contributed by atoms with Crippen LogP contribution >= 0.6 is 0 Å². The Morgan fingerprint density at radius 1 is 1.31 bits per heavy atom. The van der Waals surface area contributed by atoms with E-state index in [-0.39, 0.29) is 5.91 Å². The molecule has 0 aromatic heterocycles. The lowest BCUT2D eigenvalue weighted by Gasteiger charge is -2.18. The Morgan fingerprint density at radius 2 is 2.06 bits per heavy atom. The van der Waals surface area contributed by atoms with Gasteiger partial charge in [0.25, 0.3) is 0 Å². The van der Waals surface area contributed by atoms with Crippen LogP contribution in [0.4, 0.5) is 0 Å². The van der Waals surface area contributed by atoms with Gasteiger partial charge < -0.3 is 14.8 Å². The molecule has 16 heavy (non-hydrogen) atoms. The van der Waals surface area contributed by atoms with E-state index in [1.54, 1.807) is 0 Å². The van der Waals surface area contributed by atoms with E-state index in [1.165, 1.54) is 0 Å². The summed E-state index contributed by atoms with van der Waals surface area (Å²) in [5.41, 5.74) is 1.02. The first kappa shape index (κ1) is 10.8. The summed E-state index contributed by atoms with van der Waals surface area (Å²) in [6.45, 7) is 3.54. The van der Waals surface area contributed by atoms with Crippen molar-refractivity contribution >= 4 is 5.91 Å². The summed E-state index contributed by atoms with van der Waals surface area (Å²) in [5.74, 6) is 1.58. The largest absolute Gasteiger partial charge is 0.486 e. The third kappa shape index (κ3) is 2.45. The zero-order valence-corrected chi connectivity index (χ0v) is 9.29. The molecule has 0 atom stereocenters. The molecule has 0 saturated carbocycles. The summed E-state index contributed by atoms with van der Waals surface area (Å²) in [7, 11) is 0. The number of rotatable bonds is 3. The van der Waals surface area contributed by atoms with Crippen LogP contribution in [0.2, 0.25) is 0 Å². The SMILES string of the molecule is CCC(=O)NCc1ccc2c(c1)OCCO2. The Bertz CT molecular complexity index is 390. The molecular formula is C12H15NO3. The molecule has 0 radical (unpaired) electrons. The van der Waals surface area contributed by atoms with Gasteiger partial charge in [-0.3, -0.25) is 4.79 Å². The number of carbonyl (C=O) groups is 1. The first-order valence-electron chi connectivity index (χ1n) is 5.45. The van der Waals surface area contributed by atoms with Crippen LogP contribution in [-0.2, 0) is 11.3 Å². The molecule has 86 valence electrons. The average molecular weight is 221 g/mol. The molecule has 1 aliphatic heterocycles. The van der Waals surface area contributed by atoms with Gasteiger partial charge in [0.2, 0.25) is 5.91 Å². The average Bonchev–Trinajstić information content (AvgIpc) is 2.35. The minimum atomic E-state index is 0.0508. The fraction of sp³-hybridized carbons (Fsp3) is 0.417. The number of amides is 1. The van der Waals surface area contributed by atoms with Gasteiger partial charge in [0.1, 0.15) is 13.2 Å². The third-order valence-corrected chi connectivity index (χ3v) is 2.42. The topological polar surface area (TPSA) is 47.6 Å². The van der Waals surface area contributed by atoms with Gasteiger partial charge in [-0.25, -0.2) is 0 Å². The minimum absolute atomic E-state index is 0.0508. The van der Waals surface area contributed by atoms with Crippen molar-refractivity contribution in [2.24, 2.45) is 0 Å². The summed E-state index contributed by atoms with van der Waals surface area (Å²) in [4.78, 5) is 11.1. The van der Waals surface area contributed by atoms with Gasteiger partial charge in [-0.05, 0) is 17.7 Å². The molecule has 1 aromatic carbocycles. The molecule has 0 fully saturated rings. The maximum absolute atomic E-state index is 11.1. The molecule has 0 saturated heterocycles. The van der Waals surface area contributed by atoms with Crippen molar-refractivity contribution in [1.82, 2.24) is 5.32 Å². The van der Waals surface area contributed by atoms with Gasteiger partial charge in [-0.15, -0.1) is 0 Å². The number of hydrogen-bond acceptors (Lipinski definition) is 3. The van der Waals surface area contributed by atoms with Gasteiger partial charge in [-0.2, -0.15) is 0 Å². The third-order valence-electron chi connectivity index (χ3n) is 2.42. The number of benzene rings is 1. The van der Waals surface area contributed by atoms with E-state index in [0.717, 1.165) is 17.1 Å². The maximum Gasteiger partial charge on any atom is 0.219 e. The Kier molecular flexibility index (Phi) is 3.29. The molecule has 0 aliphatic carbocycles. The molecule has 1 heterocycles. The molecule has 4 heteroatoms. The monoisotopic (exact) mass is 221 g/mol. The first-order chi connectivity index (χ1) is 7.79. The van der Waals surface area contributed by atoms with Crippen molar-refractivity contribution in [3.05, 3.63) is 23.8 Å². The Balaban J connectivity index is 2.03. The van der Waals surface area contributed by atoms with Crippen LogP contribution in [-0.4, -0.2) is 19.1 Å². The molecule has 1 amide bonds. The number of hydrogen-bond donors (Lipinski definition) is 1. The van der Waals surface area contributed by atoms with Crippen LogP contribution in [0.5, 0.6) is 11.5 Å². The smallest absolute Gasteiger partial charge is 0.219 e. The van der Waals surface area contributed by atoms with Crippen LogP contribution in [0.3, 0.4) is 0 Å². The zero-order valence-electron chi connectivity index (χ0n) is 9.29. The predicted octanol–water partition coefficient (Wildman–Crippen LogP) is 1.48. The first-order valence-corrected chi connectivity index (χ1v) is 5.45. The van der Waals surface area contributed by atoms with E-state index >= 15 is 0 Å². The minimum Gasteiger partial charge on any atom is -0.486 e. The molecule has 0 unspecified atom stereocenters. The quantitative estimate of drug-likeness (QED) is 0.841. The van der Waals surface area contributed by atoms with E-state index in [0.29, 0.717) is 26.2 Å². The Hall–Kier alpha value is -1.71. The molecule has 0 spiro atoms. The van der Waals surface area contributed by atoms with E-state index in [2.05, 4.69) is 5.32 Å². The molecule has 1 aromatic rings. The molecule has 0 bridgehead atoms. The highest BCUT2D eigenvalue weighted by Crippen LogP contribution is 2.30. The zero-order chi connectivity index (χ0) is 11.4. The second kappa shape index (κ2) is 4.88. The lowest BCUT2D eigenvalue weighted by Crippen LogP contribution is -2.21. The van der Waals surface area contributed by atoms with Gasteiger partial charge >= 0.3 is 0 Å². The van der Waals surface area contributed by atoms with Crippen LogP contribution < -0.4 is 14.8 Å². The Morgan fingerprint density at radius 3 is 2.81 bits per heavy atom. The highest BCUT2D eigenvalue weighted by atomic mass is 16.6. The number of nitrogens with one attached hydrogen (secondary N) is 1. The lowest BCUT2D eigenvalue weighted by molar-refractivity contribution is -0.120.